The molecule has 2 aromatic rings. The van der Waals surface area contributed by atoms with Crippen molar-refractivity contribution < 1.29 is 9.53 Å². The average molecular weight is 405 g/mol. The molecule has 2 aliphatic heterocycles. The highest BCUT2D eigenvalue weighted by Gasteiger charge is 2.41. The van der Waals surface area contributed by atoms with Crippen molar-refractivity contribution >= 4 is 18.3 Å². The summed E-state index contributed by atoms with van der Waals surface area (Å²) in [5.41, 5.74) is 3.96. The molecule has 0 aliphatic carbocycles. The van der Waals surface area contributed by atoms with Crippen LogP contribution in [0.1, 0.15) is 46.6 Å². The zero-order valence-corrected chi connectivity index (χ0v) is 17.3. The lowest BCUT2D eigenvalue weighted by molar-refractivity contribution is -0.0194. The Kier molecular flexibility index (Phi) is 6.43. The van der Waals surface area contributed by atoms with Gasteiger partial charge in [0.1, 0.15) is 0 Å². The van der Waals surface area contributed by atoms with Crippen LogP contribution in [0, 0.1) is 13.8 Å². The van der Waals surface area contributed by atoms with E-state index in [1.54, 1.807) is 0 Å². The number of hydrogen-bond acceptors (Lipinski definition) is 4. The fourth-order valence-electron chi connectivity index (χ4n) is 4.21. The molecule has 0 bridgehead atoms. The highest BCUT2D eigenvalue weighted by molar-refractivity contribution is 5.94. The SMILES string of the molecule is Cc1cc(C)n(Cc2ccc(C(=O)NC3COC4(CCNCC4)C3)cc2)n1.Cl. The second kappa shape index (κ2) is 8.64. The maximum atomic E-state index is 12.6. The second-order valence-corrected chi connectivity index (χ2v) is 7.90. The third kappa shape index (κ3) is 4.57. The number of benzene rings is 1. The summed E-state index contributed by atoms with van der Waals surface area (Å²) in [5.74, 6) is -0.0211. The maximum Gasteiger partial charge on any atom is 0.251 e. The van der Waals surface area contributed by atoms with Crippen molar-refractivity contribution in [2.24, 2.45) is 0 Å². The molecule has 152 valence electrons. The van der Waals surface area contributed by atoms with Gasteiger partial charge in [-0.3, -0.25) is 9.48 Å². The van der Waals surface area contributed by atoms with E-state index < -0.39 is 0 Å². The van der Waals surface area contributed by atoms with Crippen LogP contribution in [0.4, 0.5) is 0 Å². The third-order valence-corrected chi connectivity index (χ3v) is 5.71. The first kappa shape index (κ1) is 20.8. The zero-order chi connectivity index (χ0) is 18.9. The summed E-state index contributed by atoms with van der Waals surface area (Å²) in [6, 6.07) is 9.97. The topological polar surface area (TPSA) is 68.2 Å². The van der Waals surface area contributed by atoms with Gasteiger partial charge < -0.3 is 15.4 Å². The molecule has 0 radical (unpaired) electrons. The van der Waals surface area contributed by atoms with Crippen molar-refractivity contribution in [3.8, 4) is 0 Å². The van der Waals surface area contributed by atoms with Gasteiger partial charge in [-0.1, -0.05) is 12.1 Å². The van der Waals surface area contributed by atoms with Gasteiger partial charge in [-0.25, -0.2) is 0 Å². The largest absolute Gasteiger partial charge is 0.373 e. The van der Waals surface area contributed by atoms with Gasteiger partial charge in [-0.15, -0.1) is 12.4 Å². The van der Waals surface area contributed by atoms with E-state index in [2.05, 4.69) is 28.7 Å². The van der Waals surface area contributed by atoms with Gasteiger partial charge in [0.2, 0.25) is 0 Å². The number of nitrogens with zero attached hydrogens (tertiary/aromatic N) is 2. The normalized spacial score (nSPS) is 20.7. The quantitative estimate of drug-likeness (QED) is 0.821. The molecule has 2 N–H and O–H groups in total. The molecule has 1 aromatic heterocycles. The number of carbonyl (C=O) groups is 1. The molecule has 2 aliphatic rings. The van der Waals surface area contributed by atoms with Crippen molar-refractivity contribution in [1.29, 1.82) is 0 Å². The Morgan fingerprint density at radius 1 is 1.29 bits per heavy atom. The Balaban J connectivity index is 0.00000225. The zero-order valence-electron chi connectivity index (χ0n) is 16.5. The number of amides is 1. The smallest absolute Gasteiger partial charge is 0.251 e. The first-order chi connectivity index (χ1) is 13.0. The summed E-state index contributed by atoms with van der Waals surface area (Å²) in [4.78, 5) is 12.6. The summed E-state index contributed by atoms with van der Waals surface area (Å²) in [5, 5.41) is 11.0. The van der Waals surface area contributed by atoms with Crippen molar-refractivity contribution in [2.75, 3.05) is 19.7 Å². The summed E-state index contributed by atoms with van der Waals surface area (Å²) < 4.78 is 8.05. The lowest BCUT2D eigenvalue weighted by Gasteiger charge is -2.32. The number of carbonyl (C=O) groups excluding carboxylic acids is 1. The van der Waals surface area contributed by atoms with Crippen LogP contribution in [0.25, 0.3) is 0 Å². The summed E-state index contributed by atoms with van der Waals surface area (Å²) >= 11 is 0. The molecule has 7 heteroatoms. The minimum Gasteiger partial charge on any atom is -0.373 e. The summed E-state index contributed by atoms with van der Waals surface area (Å²) in [6.07, 6.45) is 2.97. The van der Waals surface area contributed by atoms with E-state index in [0.29, 0.717) is 18.7 Å². The van der Waals surface area contributed by atoms with E-state index in [0.717, 1.165) is 49.3 Å². The molecular formula is C21H29ClN4O2. The second-order valence-electron chi connectivity index (χ2n) is 7.90. The maximum absolute atomic E-state index is 12.6. The number of aryl methyl sites for hydroxylation is 2. The van der Waals surface area contributed by atoms with E-state index >= 15 is 0 Å². The molecule has 1 aromatic carbocycles. The molecule has 2 saturated heterocycles. The molecule has 4 rings (SSSR count). The van der Waals surface area contributed by atoms with Crippen molar-refractivity contribution in [3.05, 3.63) is 52.8 Å². The Hall–Kier alpha value is -1.89. The van der Waals surface area contributed by atoms with Crippen molar-refractivity contribution in [3.63, 3.8) is 0 Å². The van der Waals surface area contributed by atoms with E-state index in [9.17, 15) is 4.79 Å². The Morgan fingerprint density at radius 3 is 2.64 bits per heavy atom. The van der Waals surface area contributed by atoms with E-state index in [-0.39, 0.29) is 30.0 Å². The van der Waals surface area contributed by atoms with Crippen molar-refractivity contribution in [2.45, 2.75) is 51.3 Å². The van der Waals surface area contributed by atoms with Crippen LogP contribution in [0.2, 0.25) is 0 Å². The molecule has 1 atom stereocenters. The minimum atomic E-state index is -0.0349. The number of hydrogen-bond donors (Lipinski definition) is 2. The lowest BCUT2D eigenvalue weighted by atomic mass is 9.88. The molecular weight excluding hydrogens is 376 g/mol. The standard InChI is InChI=1S/C21H28N4O2.ClH/c1-15-11-16(2)25(24-15)13-17-3-5-18(6-4-17)20(26)23-19-12-21(27-14-19)7-9-22-10-8-21;/h3-6,11,19,22H,7-10,12-14H2,1-2H3,(H,23,26);1H. The summed E-state index contributed by atoms with van der Waals surface area (Å²) in [7, 11) is 0. The molecule has 1 unspecified atom stereocenters. The van der Waals surface area contributed by atoms with E-state index in [1.807, 2.05) is 35.9 Å². The van der Waals surface area contributed by atoms with Gasteiger partial charge in [-0.2, -0.15) is 5.10 Å². The molecule has 0 saturated carbocycles. The fraction of sp³-hybridized carbons (Fsp3) is 0.524. The number of halogens is 1. The van der Waals surface area contributed by atoms with E-state index in [1.165, 1.54) is 0 Å². The summed E-state index contributed by atoms with van der Waals surface area (Å²) in [6.45, 7) is 7.38. The number of aromatic nitrogens is 2. The van der Waals surface area contributed by atoms with Crippen molar-refractivity contribution in [1.82, 2.24) is 20.4 Å². The molecule has 3 heterocycles. The van der Waals surface area contributed by atoms with Crippen LogP contribution < -0.4 is 10.6 Å². The third-order valence-electron chi connectivity index (χ3n) is 5.71. The van der Waals surface area contributed by atoms with Gasteiger partial charge >= 0.3 is 0 Å². The van der Waals surface area contributed by atoms with Gasteiger partial charge in [-0.05, 0) is 70.0 Å². The monoisotopic (exact) mass is 404 g/mol. The first-order valence-corrected chi connectivity index (χ1v) is 9.79. The van der Waals surface area contributed by atoms with Gasteiger partial charge in [0, 0.05) is 11.3 Å². The minimum absolute atomic E-state index is 0. The van der Waals surface area contributed by atoms with Crippen LogP contribution in [0.15, 0.2) is 30.3 Å². The molecule has 1 amide bonds. The predicted molar refractivity (Wildman–Crippen MR) is 111 cm³/mol. The number of ether oxygens (including phenoxy) is 1. The first-order valence-electron chi connectivity index (χ1n) is 9.79. The highest BCUT2D eigenvalue weighted by Crippen LogP contribution is 2.34. The van der Waals surface area contributed by atoms with Crippen LogP contribution in [-0.2, 0) is 11.3 Å². The Morgan fingerprint density at radius 2 is 2.00 bits per heavy atom. The molecule has 1 spiro atoms. The number of nitrogens with one attached hydrogen (secondary N) is 2. The average Bonchev–Trinajstić information content (AvgIpc) is 3.18. The van der Waals surface area contributed by atoms with Crippen LogP contribution >= 0.6 is 12.4 Å². The highest BCUT2D eigenvalue weighted by atomic mass is 35.5. The Labute approximate surface area is 172 Å². The van der Waals surface area contributed by atoms with Gasteiger partial charge in [0.25, 0.3) is 5.91 Å². The molecule has 2 fully saturated rings. The fourth-order valence-corrected chi connectivity index (χ4v) is 4.21. The lowest BCUT2D eigenvalue weighted by Crippen LogP contribution is -2.43. The van der Waals surface area contributed by atoms with Gasteiger partial charge in [0.15, 0.2) is 0 Å². The van der Waals surface area contributed by atoms with E-state index in [4.69, 9.17) is 4.74 Å². The van der Waals surface area contributed by atoms with Crippen LogP contribution in [0.3, 0.4) is 0 Å². The Bertz CT molecular complexity index is 812. The predicted octanol–water partition coefficient (Wildman–Crippen LogP) is 2.61. The molecule has 6 nitrogen and oxygen atoms in total. The van der Waals surface area contributed by atoms with Crippen LogP contribution in [0.5, 0.6) is 0 Å². The number of rotatable bonds is 4. The van der Waals surface area contributed by atoms with Crippen LogP contribution in [-0.4, -0.2) is 47.0 Å². The molecule has 28 heavy (non-hydrogen) atoms. The number of piperidine rings is 1. The van der Waals surface area contributed by atoms with Gasteiger partial charge in [0.05, 0.1) is 30.5 Å².